The molecule has 112 heavy (non-hydrogen) atoms. The number of rotatable bonds is 95. The molecule has 1 aromatic carbocycles. The SMILES string of the molecule is CCCCCCCCCCCCCCCCCCCCCCCCCCCCCCCCCCCCCCCCCCCCCCCCCCCCCCCCCCCCCCCCCCCCCCCCCCCCCCCCCCCCCCCCCCCCCC#C[C@H](C/C=C/C(=O)OC(C)(C)C)c1ccccc1. The number of esters is 1. The molecule has 0 bridgehead atoms. The van der Waals surface area contributed by atoms with Gasteiger partial charge in [-0.25, -0.2) is 4.79 Å². The van der Waals surface area contributed by atoms with E-state index in [1.165, 1.54) is 590 Å². The molecule has 0 aliphatic heterocycles. The fourth-order valence-electron chi connectivity index (χ4n) is 17.8. The van der Waals surface area contributed by atoms with Crippen molar-refractivity contribution in [1.29, 1.82) is 0 Å². The summed E-state index contributed by atoms with van der Waals surface area (Å²) in [5.74, 6) is 6.77. The lowest BCUT2D eigenvalue weighted by molar-refractivity contribution is -0.148. The maximum absolute atomic E-state index is 12.1. The molecule has 1 aromatic rings. The van der Waals surface area contributed by atoms with E-state index in [0.717, 1.165) is 12.8 Å². The summed E-state index contributed by atoms with van der Waals surface area (Å²) >= 11 is 0. The molecule has 0 aromatic heterocycles. The van der Waals surface area contributed by atoms with Crippen molar-refractivity contribution in [3.8, 4) is 11.8 Å². The van der Waals surface area contributed by atoms with Crippen molar-refractivity contribution in [2.24, 2.45) is 0 Å². The number of hydrogen-bond donors (Lipinski definition) is 0. The Labute approximate surface area is 707 Å². The molecule has 2 heteroatoms. The molecule has 0 N–H and O–H groups in total. The Hall–Kier alpha value is -2.01. The predicted octanol–water partition coefficient (Wildman–Crippen LogP) is 40.0. The van der Waals surface area contributed by atoms with Crippen LogP contribution in [0.3, 0.4) is 0 Å². The summed E-state index contributed by atoms with van der Waals surface area (Å²) in [5.41, 5.74) is 0.740. The van der Waals surface area contributed by atoms with Crippen LogP contribution in [0.2, 0.25) is 0 Å². The van der Waals surface area contributed by atoms with Crippen LogP contribution in [0.25, 0.3) is 0 Å². The van der Waals surface area contributed by atoms with Crippen LogP contribution in [-0.4, -0.2) is 11.6 Å². The lowest BCUT2D eigenvalue weighted by atomic mass is 9.95. The molecule has 2 nitrogen and oxygen atoms in total. The molecular formula is C110H206O2. The van der Waals surface area contributed by atoms with Gasteiger partial charge in [-0.3, -0.25) is 0 Å². The second-order valence-corrected chi connectivity index (χ2v) is 38.0. The highest BCUT2D eigenvalue weighted by molar-refractivity contribution is 5.82. The molecule has 1 atom stereocenters. The number of unbranched alkanes of at least 4 members (excludes halogenated alkanes) is 91. The van der Waals surface area contributed by atoms with E-state index >= 15 is 0 Å². The monoisotopic (exact) mass is 1560 g/mol. The van der Waals surface area contributed by atoms with E-state index in [1.807, 2.05) is 32.9 Å². The van der Waals surface area contributed by atoms with E-state index in [4.69, 9.17) is 4.74 Å². The van der Waals surface area contributed by atoms with Gasteiger partial charge in [0.15, 0.2) is 0 Å². The summed E-state index contributed by atoms with van der Waals surface area (Å²) in [6.07, 6.45) is 139. The number of carbonyl (C=O) groups excluding carboxylic acids is 1. The highest BCUT2D eigenvalue weighted by Crippen LogP contribution is 2.25. The first-order chi connectivity index (χ1) is 55.4. The first-order valence-electron chi connectivity index (χ1n) is 52.8. The minimum Gasteiger partial charge on any atom is -0.457 e. The predicted molar refractivity (Wildman–Crippen MR) is 507 cm³/mol. The van der Waals surface area contributed by atoms with Gasteiger partial charge in [0.2, 0.25) is 0 Å². The minimum atomic E-state index is -0.471. The number of allylic oxidation sites excluding steroid dienone is 1. The Balaban J connectivity index is 1.63. The fraction of sp³-hybridized carbons (Fsp3) is 0.900. The standard InChI is InChI=1S/C110H206O2/c1-5-6-7-8-9-10-11-12-13-14-15-16-17-18-19-20-21-22-23-24-25-26-27-28-29-30-31-32-33-34-35-36-37-38-39-40-41-42-43-44-45-46-47-48-49-50-51-52-53-54-55-56-57-58-59-60-61-62-63-64-65-66-67-68-69-70-71-72-73-74-75-76-77-78-79-80-81-82-83-84-85-86-87-88-89-90-91-92-93-94-95-96-98-102-108(107-103-99-97-100-104-107)105-101-106-109(111)112-110(2,3)4/h97,99-101,103-104,106,108H,5-96,105H2,1-4H3/b106-101+/t108-/m1/s1. The Bertz CT molecular complexity index is 1980. The van der Waals surface area contributed by atoms with E-state index in [2.05, 4.69) is 43.0 Å². The molecule has 0 amide bonds. The van der Waals surface area contributed by atoms with Crippen LogP contribution in [-0.2, 0) is 9.53 Å². The maximum Gasteiger partial charge on any atom is 0.330 e. The highest BCUT2D eigenvalue weighted by atomic mass is 16.6. The molecule has 0 fully saturated rings. The van der Waals surface area contributed by atoms with Gasteiger partial charge in [0.05, 0.1) is 0 Å². The fourth-order valence-corrected chi connectivity index (χ4v) is 17.8. The topological polar surface area (TPSA) is 26.3 Å². The third-order valence-corrected chi connectivity index (χ3v) is 25.4. The smallest absolute Gasteiger partial charge is 0.330 e. The van der Waals surface area contributed by atoms with E-state index in [0.29, 0.717) is 0 Å². The maximum atomic E-state index is 12.1. The van der Waals surface area contributed by atoms with E-state index < -0.39 is 5.60 Å². The zero-order valence-corrected chi connectivity index (χ0v) is 77.7. The normalized spacial score (nSPS) is 12.1. The first kappa shape index (κ1) is 108. The number of benzene rings is 1. The third kappa shape index (κ3) is 91.9. The molecule has 0 unspecified atom stereocenters. The molecule has 0 saturated heterocycles. The van der Waals surface area contributed by atoms with Gasteiger partial charge in [0.25, 0.3) is 0 Å². The van der Waals surface area contributed by atoms with E-state index in [1.54, 1.807) is 6.08 Å². The molecule has 0 radical (unpaired) electrons. The summed E-state index contributed by atoms with van der Waals surface area (Å²) in [5, 5.41) is 0. The van der Waals surface area contributed by atoms with Crippen LogP contribution >= 0.6 is 0 Å². The van der Waals surface area contributed by atoms with Crippen LogP contribution in [0.4, 0.5) is 0 Å². The summed E-state index contributed by atoms with van der Waals surface area (Å²) < 4.78 is 5.42. The van der Waals surface area contributed by atoms with Crippen molar-refractivity contribution < 1.29 is 9.53 Å². The summed E-state index contributed by atoms with van der Waals surface area (Å²) in [6.45, 7) is 8.01. The van der Waals surface area contributed by atoms with Crippen molar-refractivity contribution in [3.05, 3.63) is 48.0 Å². The Morgan fingerprint density at radius 2 is 0.420 bits per heavy atom. The lowest BCUT2D eigenvalue weighted by Gasteiger charge is -2.18. The van der Waals surface area contributed by atoms with Gasteiger partial charge in [-0.1, -0.05) is 627 Å². The zero-order chi connectivity index (χ0) is 80.1. The first-order valence-corrected chi connectivity index (χ1v) is 52.8. The van der Waals surface area contributed by atoms with Crippen molar-refractivity contribution in [1.82, 2.24) is 0 Å². The quantitative estimate of drug-likeness (QED) is 0.0281. The summed E-state index contributed by atoms with van der Waals surface area (Å²) in [4.78, 5) is 12.1. The summed E-state index contributed by atoms with van der Waals surface area (Å²) in [6, 6.07) is 10.5. The third-order valence-electron chi connectivity index (χ3n) is 25.4. The molecule has 0 aliphatic carbocycles. The minimum absolute atomic E-state index is 0.107. The van der Waals surface area contributed by atoms with Crippen molar-refractivity contribution in [3.63, 3.8) is 0 Å². The zero-order valence-electron chi connectivity index (χ0n) is 77.7. The summed E-state index contributed by atoms with van der Waals surface area (Å²) in [7, 11) is 0. The lowest BCUT2D eigenvalue weighted by Crippen LogP contribution is -2.22. The van der Waals surface area contributed by atoms with Gasteiger partial charge < -0.3 is 4.74 Å². The largest absolute Gasteiger partial charge is 0.457 e. The van der Waals surface area contributed by atoms with Crippen LogP contribution in [0.5, 0.6) is 0 Å². The average Bonchev–Trinajstić information content (AvgIpc) is 0.894. The molecule has 1 rings (SSSR count). The van der Waals surface area contributed by atoms with Crippen molar-refractivity contribution in [2.45, 2.75) is 636 Å². The number of hydrogen-bond acceptors (Lipinski definition) is 2. The molecular weight excluding hydrogens is 1350 g/mol. The van der Waals surface area contributed by atoms with Gasteiger partial charge in [-0.2, -0.15) is 0 Å². The molecule has 0 spiro atoms. The van der Waals surface area contributed by atoms with Crippen LogP contribution < -0.4 is 0 Å². The van der Waals surface area contributed by atoms with Crippen LogP contribution in [0, 0.1) is 11.8 Å². The second-order valence-electron chi connectivity index (χ2n) is 38.0. The van der Waals surface area contributed by atoms with Crippen molar-refractivity contribution in [2.75, 3.05) is 0 Å². The van der Waals surface area contributed by atoms with E-state index in [-0.39, 0.29) is 11.9 Å². The molecule has 0 saturated carbocycles. The Kier molecular flexibility index (Phi) is 91.1. The van der Waals surface area contributed by atoms with Gasteiger partial charge >= 0.3 is 5.97 Å². The molecule has 658 valence electrons. The van der Waals surface area contributed by atoms with Gasteiger partial charge in [-0.15, -0.1) is 5.92 Å². The Morgan fingerprint density at radius 1 is 0.259 bits per heavy atom. The van der Waals surface area contributed by atoms with Crippen LogP contribution in [0.1, 0.15) is 636 Å². The second kappa shape index (κ2) is 94.5. The number of carbonyl (C=O) groups is 1. The average molecular weight is 1560 g/mol. The van der Waals surface area contributed by atoms with Gasteiger partial charge in [-0.05, 0) is 39.2 Å². The molecule has 0 aliphatic rings. The van der Waals surface area contributed by atoms with Crippen LogP contribution in [0.15, 0.2) is 42.5 Å². The Morgan fingerprint density at radius 3 is 0.580 bits per heavy atom. The van der Waals surface area contributed by atoms with Gasteiger partial charge in [0.1, 0.15) is 5.60 Å². The highest BCUT2D eigenvalue weighted by Gasteiger charge is 2.15. The molecule has 0 heterocycles. The number of ether oxygens (including phenoxy) is 1. The van der Waals surface area contributed by atoms with Crippen molar-refractivity contribution >= 4 is 5.97 Å². The van der Waals surface area contributed by atoms with Gasteiger partial charge in [0, 0.05) is 18.4 Å². The van der Waals surface area contributed by atoms with E-state index in [9.17, 15) is 4.79 Å².